The fourth-order valence-corrected chi connectivity index (χ4v) is 3.99. The molecule has 5 rings (SSSR count). The molecule has 3 heterocycles. The van der Waals surface area contributed by atoms with Gasteiger partial charge < -0.3 is 10.0 Å². The minimum Gasteiger partial charge on any atom is -0.391 e. The Morgan fingerprint density at radius 3 is 2.86 bits per heavy atom. The molecule has 2 aromatic heterocycles. The summed E-state index contributed by atoms with van der Waals surface area (Å²) in [7, 11) is 0. The number of benzene rings is 2. The van der Waals surface area contributed by atoms with Crippen LogP contribution in [0.3, 0.4) is 0 Å². The van der Waals surface area contributed by atoms with Crippen LogP contribution in [0.4, 0.5) is 0 Å². The lowest BCUT2D eigenvalue weighted by molar-refractivity contribution is 0.0765. The highest BCUT2D eigenvalue weighted by Gasteiger charge is 2.34. The highest BCUT2D eigenvalue weighted by molar-refractivity contribution is 5.97. The lowest BCUT2D eigenvalue weighted by atomic mass is 9.94. The molecule has 0 bridgehead atoms. The van der Waals surface area contributed by atoms with E-state index in [9.17, 15) is 9.90 Å². The highest BCUT2D eigenvalue weighted by Crippen LogP contribution is 2.26. The van der Waals surface area contributed by atoms with Gasteiger partial charge in [-0.05, 0) is 42.3 Å². The summed E-state index contributed by atoms with van der Waals surface area (Å²) < 4.78 is 0. The van der Waals surface area contributed by atoms with Gasteiger partial charge in [0.1, 0.15) is 11.0 Å². The Labute approximate surface area is 161 Å². The largest absolute Gasteiger partial charge is 0.391 e. The van der Waals surface area contributed by atoms with E-state index in [1.807, 2.05) is 24.3 Å². The number of likely N-dealkylation sites (tertiary alicyclic amines) is 1. The maximum Gasteiger partial charge on any atom is 0.254 e. The van der Waals surface area contributed by atoms with Gasteiger partial charge in [0.25, 0.3) is 5.91 Å². The Hall–Kier alpha value is -3.32. The molecule has 7 nitrogen and oxygen atoms in total. The van der Waals surface area contributed by atoms with Gasteiger partial charge in [-0.25, -0.2) is 0 Å². The lowest BCUT2D eigenvalue weighted by Crippen LogP contribution is -2.29. The Kier molecular flexibility index (Phi) is 4.02. The molecule has 7 heteroatoms. The van der Waals surface area contributed by atoms with E-state index in [-0.39, 0.29) is 11.8 Å². The molecule has 4 aromatic rings. The van der Waals surface area contributed by atoms with E-state index >= 15 is 0 Å². The summed E-state index contributed by atoms with van der Waals surface area (Å²) in [5, 5.41) is 22.3. The van der Waals surface area contributed by atoms with Crippen LogP contribution in [-0.4, -0.2) is 55.5 Å². The van der Waals surface area contributed by atoms with Gasteiger partial charge in [-0.3, -0.25) is 9.78 Å². The fourth-order valence-electron chi connectivity index (χ4n) is 3.99. The molecule has 140 valence electrons. The van der Waals surface area contributed by atoms with Gasteiger partial charge in [-0.2, -0.15) is 15.4 Å². The first kappa shape index (κ1) is 16.8. The first-order valence-corrected chi connectivity index (χ1v) is 9.29. The number of pyridine rings is 1. The van der Waals surface area contributed by atoms with E-state index in [1.165, 1.54) is 0 Å². The van der Waals surface area contributed by atoms with Crippen LogP contribution in [0.1, 0.15) is 15.9 Å². The Balaban J connectivity index is 1.36. The molecule has 0 unspecified atom stereocenters. The molecule has 0 aliphatic carbocycles. The van der Waals surface area contributed by atoms with E-state index in [0.29, 0.717) is 30.6 Å². The monoisotopic (exact) mass is 373 g/mol. The number of hydrogen-bond acceptors (Lipinski definition) is 5. The number of carbonyl (C=O) groups is 1. The van der Waals surface area contributed by atoms with E-state index < -0.39 is 6.10 Å². The number of carbonyl (C=O) groups excluding carboxylic acids is 1. The van der Waals surface area contributed by atoms with Gasteiger partial charge in [0.05, 0.1) is 11.6 Å². The van der Waals surface area contributed by atoms with Gasteiger partial charge in [0.2, 0.25) is 0 Å². The number of rotatable bonds is 3. The van der Waals surface area contributed by atoms with Crippen molar-refractivity contribution in [3.05, 3.63) is 65.9 Å². The molecule has 0 spiro atoms. The number of aliphatic hydroxyl groups excluding tert-OH is 1. The van der Waals surface area contributed by atoms with Crippen LogP contribution in [0, 0.1) is 5.92 Å². The van der Waals surface area contributed by atoms with Crippen LogP contribution < -0.4 is 0 Å². The maximum absolute atomic E-state index is 12.9. The second-order valence-corrected chi connectivity index (χ2v) is 7.26. The summed E-state index contributed by atoms with van der Waals surface area (Å²) in [6.45, 7) is 0.858. The van der Waals surface area contributed by atoms with Crippen molar-refractivity contribution in [2.45, 2.75) is 12.5 Å². The summed E-state index contributed by atoms with van der Waals surface area (Å²) in [5.41, 5.74) is 4.03. The quantitative estimate of drug-likeness (QED) is 0.574. The first-order valence-electron chi connectivity index (χ1n) is 9.29. The summed E-state index contributed by atoms with van der Waals surface area (Å²) in [4.78, 5) is 19.0. The Morgan fingerprint density at radius 2 is 1.93 bits per heavy atom. The molecule has 0 radical (unpaired) electrons. The second-order valence-electron chi connectivity index (χ2n) is 7.26. The van der Waals surface area contributed by atoms with E-state index in [0.717, 1.165) is 22.0 Å². The molecule has 2 N–H and O–H groups in total. The number of β-amino-alcohol motifs (C(OH)–C–C–N with tert-alkyl or cyclic N) is 1. The zero-order valence-corrected chi connectivity index (χ0v) is 15.1. The first-order chi connectivity index (χ1) is 13.7. The minimum atomic E-state index is -0.549. The molecule has 1 amide bonds. The Bertz CT molecular complexity index is 1170. The summed E-state index contributed by atoms with van der Waals surface area (Å²) in [6, 6.07) is 15.3. The van der Waals surface area contributed by atoms with Crippen molar-refractivity contribution in [3.63, 3.8) is 0 Å². The number of nitrogens with one attached hydrogen (secondary N) is 1. The van der Waals surface area contributed by atoms with Crippen molar-refractivity contribution < 1.29 is 9.90 Å². The normalized spacial score (nSPS) is 19.5. The number of amides is 1. The summed E-state index contributed by atoms with van der Waals surface area (Å²) in [6.07, 6.45) is 1.96. The van der Waals surface area contributed by atoms with Crippen molar-refractivity contribution in [2.24, 2.45) is 5.92 Å². The molecule has 28 heavy (non-hydrogen) atoms. The van der Waals surface area contributed by atoms with Gasteiger partial charge in [0, 0.05) is 36.2 Å². The zero-order valence-electron chi connectivity index (χ0n) is 15.1. The lowest BCUT2D eigenvalue weighted by Gasteiger charge is -2.16. The third-order valence-electron chi connectivity index (χ3n) is 5.48. The number of aromatic amines is 1. The molecule has 1 aliphatic rings. The summed E-state index contributed by atoms with van der Waals surface area (Å²) >= 11 is 0. The van der Waals surface area contributed by atoms with Crippen molar-refractivity contribution in [1.82, 2.24) is 25.3 Å². The topological polar surface area (TPSA) is 95.0 Å². The average Bonchev–Trinajstić information content (AvgIpc) is 3.34. The maximum atomic E-state index is 12.9. The smallest absolute Gasteiger partial charge is 0.254 e. The zero-order chi connectivity index (χ0) is 19.1. The number of aliphatic hydroxyl groups is 1. The number of nitrogens with zero attached hydrogens (tertiary/aromatic N) is 4. The van der Waals surface area contributed by atoms with Crippen LogP contribution in [0.5, 0.6) is 0 Å². The van der Waals surface area contributed by atoms with Crippen LogP contribution in [0.25, 0.3) is 21.9 Å². The third-order valence-corrected chi connectivity index (χ3v) is 5.48. The van der Waals surface area contributed by atoms with E-state index in [4.69, 9.17) is 0 Å². The third kappa shape index (κ3) is 2.90. The van der Waals surface area contributed by atoms with E-state index in [2.05, 4.69) is 26.5 Å². The highest BCUT2D eigenvalue weighted by atomic mass is 16.3. The number of aromatic nitrogens is 4. The molecular formula is C21H19N5O2. The average molecular weight is 373 g/mol. The molecule has 0 saturated carbocycles. The van der Waals surface area contributed by atoms with Crippen molar-refractivity contribution in [2.75, 3.05) is 13.1 Å². The minimum absolute atomic E-state index is 0.00876. The molecule has 1 aliphatic heterocycles. The predicted octanol–water partition coefficient (Wildman–Crippen LogP) is 2.18. The molecule has 1 saturated heterocycles. The number of hydrogen-bond donors (Lipinski definition) is 2. The SMILES string of the molecule is O=C(c1ccc2n[nH]nc2c1)N1C[C@@H](Cc2ccnc3ccccc23)[C@@H](O)C1. The van der Waals surface area contributed by atoms with Gasteiger partial charge in [-0.1, -0.05) is 18.2 Å². The number of fused-ring (bicyclic) bond motifs is 2. The van der Waals surface area contributed by atoms with Crippen LogP contribution in [-0.2, 0) is 6.42 Å². The molecule has 2 aromatic carbocycles. The molecular weight excluding hydrogens is 354 g/mol. The van der Waals surface area contributed by atoms with Crippen molar-refractivity contribution in [3.8, 4) is 0 Å². The van der Waals surface area contributed by atoms with Crippen molar-refractivity contribution >= 4 is 27.8 Å². The molecule has 2 atom stereocenters. The summed E-state index contributed by atoms with van der Waals surface area (Å²) in [5.74, 6) is -0.100. The van der Waals surface area contributed by atoms with Gasteiger partial charge in [0.15, 0.2) is 0 Å². The van der Waals surface area contributed by atoms with Crippen LogP contribution in [0.15, 0.2) is 54.7 Å². The predicted molar refractivity (Wildman–Crippen MR) is 105 cm³/mol. The van der Waals surface area contributed by atoms with E-state index in [1.54, 1.807) is 29.3 Å². The van der Waals surface area contributed by atoms with Crippen LogP contribution >= 0.6 is 0 Å². The van der Waals surface area contributed by atoms with Gasteiger partial charge >= 0.3 is 0 Å². The van der Waals surface area contributed by atoms with Crippen LogP contribution in [0.2, 0.25) is 0 Å². The second kappa shape index (κ2) is 6.69. The number of H-pyrrole nitrogens is 1. The fraction of sp³-hybridized carbons (Fsp3) is 0.238. The number of para-hydroxylation sites is 1. The van der Waals surface area contributed by atoms with Gasteiger partial charge in [-0.15, -0.1) is 0 Å². The Morgan fingerprint density at radius 1 is 1.07 bits per heavy atom. The standard InChI is InChI=1S/C21H19N5O2/c27-20-12-26(21(28)14-5-6-18-19(10-14)24-25-23-18)11-15(20)9-13-7-8-22-17-4-2-1-3-16(13)17/h1-8,10,15,20,27H,9,11-12H2,(H,23,24,25)/t15-,20+/m1/s1. The molecule has 1 fully saturated rings. The van der Waals surface area contributed by atoms with Crippen molar-refractivity contribution in [1.29, 1.82) is 0 Å².